The van der Waals surface area contributed by atoms with Crippen molar-refractivity contribution in [2.75, 3.05) is 5.73 Å². The summed E-state index contributed by atoms with van der Waals surface area (Å²) in [6.45, 7) is 0. The Bertz CT molecular complexity index is 688. The van der Waals surface area contributed by atoms with E-state index in [2.05, 4.69) is 9.97 Å². The zero-order valence-electron chi connectivity index (χ0n) is 8.94. The second-order valence-electron chi connectivity index (χ2n) is 3.83. The third-order valence-electron chi connectivity index (χ3n) is 2.74. The molecule has 2 aromatic carbocycles. The van der Waals surface area contributed by atoms with Crippen LogP contribution in [0.2, 0.25) is 0 Å². The fourth-order valence-corrected chi connectivity index (χ4v) is 1.98. The molecule has 1 aromatic heterocycles. The van der Waals surface area contributed by atoms with Crippen molar-refractivity contribution in [1.82, 2.24) is 9.97 Å². The van der Waals surface area contributed by atoms with Gasteiger partial charge >= 0.3 is 0 Å². The second-order valence-corrected chi connectivity index (χ2v) is 3.83. The molecule has 0 amide bonds. The summed E-state index contributed by atoms with van der Waals surface area (Å²) in [5.41, 5.74) is 6.62. The van der Waals surface area contributed by atoms with E-state index in [9.17, 15) is 4.39 Å². The molecular formula is C13H10FN3. The van der Waals surface area contributed by atoms with Crippen LogP contribution < -0.4 is 5.73 Å². The molecule has 0 fully saturated rings. The number of hydrogen-bond donors (Lipinski definition) is 2. The Kier molecular flexibility index (Phi) is 2.08. The second kappa shape index (κ2) is 3.59. The number of fused-ring (bicyclic) bond motifs is 1. The van der Waals surface area contributed by atoms with Crippen LogP contribution in [0, 0.1) is 5.82 Å². The van der Waals surface area contributed by atoms with Crippen molar-refractivity contribution in [3.63, 3.8) is 0 Å². The Morgan fingerprint density at radius 2 is 1.94 bits per heavy atom. The van der Waals surface area contributed by atoms with Crippen molar-refractivity contribution in [3.8, 4) is 11.3 Å². The number of benzene rings is 2. The first-order valence-corrected chi connectivity index (χ1v) is 5.24. The third kappa shape index (κ3) is 1.54. The van der Waals surface area contributed by atoms with Crippen molar-refractivity contribution < 1.29 is 4.39 Å². The summed E-state index contributed by atoms with van der Waals surface area (Å²) < 4.78 is 13.9. The van der Waals surface area contributed by atoms with Gasteiger partial charge in [0.05, 0.1) is 11.9 Å². The van der Waals surface area contributed by atoms with Crippen molar-refractivity contribution in [3.05, 3.63) is 48.4 Å². The van der Waals surface area contributed by atoms with Crippen LogP contribution in [0.3, 0.4) is 0 Å². The van der Waals surface area contributed by atoms with Gasteiger partial charge in [0, 0.05) is 5.56 Å². The molecule has 0 aliphatic heterocycles. The van der Waals surface area contributed by atoms with Gasteiger partial charge in [-0.1, -0.05) is 30.3 Å². The van der Waals surface area contributed by atoms with Crippen LogP contribution >= 0.6 is 0 Å². The fraction of sp³-hybridized carbons (Fsp3) is 0. The molecule has 3 aromatic rings. The van der Waals surface area contributed by atoms with E-state index in [0.717, 1.165) is 10.8 Å². The zero-order valence-corrected chi connectivity index (χ0v) is 8.94. The zero-order chi connectivity index (χ0) is 11.8. The summed E-state index contributed by atoms with van der Waals surface area (Å²) in [5, 5.41) is 1.83. The summed E-state index contributed by atoms with van der Waals surface area (Å²) in [7, 11) is 0. The van der Waals surface area contributed by atoms with Crippen molar-refractivity contribution in [1.29, 1.82) is 0 Å². The molecule has 1 heterocycles. The average molecular weight is 227 g/mol. The first-order chi connectivity index (χ1) is 8.25. The molecule has 0 bridgehead atoms. The van der Waals surface area contributed by atoms with E-state index in [1.54, 1.807) is 12.3 Å². The highest BCUT2D eigenvalue weighted by Crippen LogP contribution is 2.30. The average Bonchev–Trinajstić information content (AvgIpc) is 2.75. The van der Waals surface area contributed by atoms with Gasteiger partial charge in [-0.2, -0.15) is 0 Å². The molecule has 3 N–H and O–H groups in total. The Hall–Kier alpha value is -2.36. The number of aromatic amines is 1. The molecule has 4 heteroatoms. The van der Waals surface area contributed by atoms with E-state index < -0.39 is 0 Å². The lowest BCUT2D eigenvalue weighted by Gasteiger charge is -2.05. The van der Waals surface area contributed by atoms with Crippen molar-refractivity contribution >= 4 is 16.7 Å². The Labute approximate surface area is 97.1 Å². The highest BCUT2D eigenvalue weighted by atomic mass is 19.1. The number of hydrogen-bond acceptors (Lipinski definition) is 2. The maximum Gasteiger partial charge on any atom is 0.197 e. The SMILES string of the molecule is Nc1ncc(-c2c(F)ccc3ccccc23)[nH]1. The number of rotatable bonds is 1. The number of nitrogens with two attached hydrogens (primary N) is 1. The maximum atomic E-state index is 13.9. The largest absolute Gasteiger partial charge is 0.369 e. The van der Waals surface area contributed by atoms with Crippen LogP contribution in [0.4, 0.5) is 10.3 Å². The van der Waals surface area contributed by atoms with Gasteiger partial charge in [-0.15, -0.1) is 0 Å². The predicted molar refractivity (Wildman–Crippen MR) is 65.9 cm³/mol. The number of nitrogen functional groups attached to an aromatic ring is 1. The van der Waals surface area contributed by atoms with Crippen molar-refractivity contribution in [2.24, 2.45) is 0 Å². The minimum absolute atomic E-state index is 0.285. The molecule has 0 aliphatic rings. The van der Waals surface area contributed by atoms with E-state index >= 15 is 0 Å². The number of nitrogens with one attached hydrogen (secondary N) is 1. The van der Waals surface area contributed by atoms with E-state index in [-0.39, 0.29) is 11.8 Å². The van der Waals surface area contributed by atoms with Crippen LogP contribution in [0.25, 0.3) is 22.0 Å². The number of imidazole rings is 1. The quantitative estimate of drug-likeness (QED) is 0.671. The smallest absolute Gasteiger partial charge is 0.197 e. The van der Waals surface area contributed by atoms with Crippen LogP contribution in [0.15, 0.2) is 42.6 Å². The lowest BCUT2D eigenvalue weighted by atomic mass is 10.0. The standard InChI is InChI=1S/C13H10FN3/c14-10-6-5-8-3-1-2-4-9(8)12(10)11-7-16-13(15)17-11/h1-7H,(H3,15,16,17). The lowest BCUT2D eigenvalue weighted by Crippen LogP contribution is -1.89. The Morgan fingerprint density at radius 1 is 1.12 bits per heavy atom. The molecule has 0 saturated carbocycles. The number of H-pyrrole nitrogens is 1. The monoisotopic (exact) mass is 227 g/mol. The Morgan fingerprint density at radius 3 is 2.71 bits per heavy atom. The van der Waals surface area contributed by atoms with Gasteiger partial charge in [-0.3, -0.25) is 0 Å². The number of anilines is 1. The summed E-state index contributed by atoms with van der Waals surface area (Å²) >= 11 is 0. The molecule has 0 atom stereocenters. The van der Waals surface area contributed by atoms with Gasteiger partial charge in [0.25, 0.3) is 0 Å². The number of halogens is 1. The van der Waals surface area contributed by atoms with Crippen LogP contribution in [0.5, 0.6) is 0 Å². The van der Waals surface area contributed by atoms with E-state index in [0.29, 0.717) is 11.3 Å². The Balaban J connectivity index is 2.38. The molecule has 0 radical (unpaired) electrons. The number of aromatic nitrogens is 2. The highest BCUT2D eigenvalue weighted by Gasteiger charge is 2.11. The molecule has 17 heavy (non-hydrogen) atoms. The maximum absolute atomic E-state index is 13.9. The van der Waals surface area contributed by atoms with Crippen LogP contribution in [0.1, 0.15) is 0 Å². The van der Waals surface area contributed by atoms with Gasteiger partial charge in [0.15, 0.2) is 5.95 Å². The molecule has 0 aliphatic carbocycles. The molecule has 0 unspecified atom stereocenters. The lowest BCUT2D eigenvalue weighted by molar-refractivity contribution is 0.632. The fourth-order valence-electron chi connectivity index (χ4n) is 1.98. The van der Waals surface area contributed by atoms with Gasteiger partial charge in [-0.05, 0) is 16.8 Å². The minimum Gasteiger partial charge on any atom is -0.369 e. The molecule has 3 rings (SSSR count). The van der Waals surface area contributed by atoms with Gasteiger partial charge < -0.3 is 10.7 Å². The van der Waals surface area contributed by atoms with E-state index in [1.165, 1.54) is 6.07 Å². The van der Waals surface area contributed by atoms with Crippen LogP contribution in [-0.2, 0) is 0 Å². The molecule has 3 nitrogen and oxygen atoms in total. The summed E-state index contributed by atoms with van der Waals surface area (Å²) in [5.74, 6) is -0.000292. The predicted octanol–water partition coefficient (Wildman–Crippen LogP) is 2.95. The molecule has 0 saturated heterocycles. The first kappa shape index (κ1) is 9.84. The summed E-state index contributed by atoms with van der Waals surface area (Å²) in [6, 6.07) is 10.8. The van der Waals surface area contributed by atoms with Gasteiger partial charge in [0.1, 0.15) is 5.82 Å². The topological polar surface area (TPSA) is 54.7 Å². The normalized spacial score (nSPS) is 10.9. The summed E-state index contributed by atoms with van der Waals surface area (Å²) in [6.07, 6.45) is 1.54. The molecule has 0 spiro atoms. The van der Waals surface area contributed by atoms with E-state index in [4.69, 9.17) is 5.73 Å². The first-order valence-electron chi connectivity index (χ1n) is 5.24. The van der Waals surface area contributed by atoms with Gasteiger partial charge in [0.2, 0.25) is 0 Å². The van der Waals surface area contributed by atoms with Gasteiger partial charge in [-0.25, -0.2) is 9.37 Å². The third-order valence-corrected chi connectivity index (χ3v) is 2.74. The molecular weight excluding hydrogens is 217 g/mol. The number of nitrogens with zero attached hydrogens (tertiary/aromatic N) is 1. The molecule has 84 valence electrons. The minimum atomic E-state index is -0.285. The van der Waals surface area contributed by atoms with E-state index in [1.807, 2.05) is 24.3 Å². The van der Waals surface area contributed by atoms with Crippen molar-refractivity contribution in [2.45, 2.75) is 0 Å². The highest BCUT2D eigenvalue weighted by molar-refractivity contribution is 5.96. The summed E-state index contributed by atoms with van der Waals surface area (Å²) in [4.78, 5) is 6.75. The van der Waals surface area contributed by atoms with Crippen LogP contribution in [-0.4, -0.2) is 9.97 Å².